The number of rotatable bonds is 6. The molecule has 0 spiro atoms. The maximum absolute atomic E-state index is 14.9. The normalized spacial score (nSPS) is 35.6. The summed E-state index contributed by atoms with van der Waals surface area (Å²) in [6.07, 6.45) is -11.9. The topological polar surface area (TPSA) is 259 Å². The van der Waals surface area contributed by atoms with Gasteiger partial charge in [-0.25, -0.2) is 0 Å². The molecule has 2 heterocycles. The van der Waals surface area contributed by atoms with Gasteiger partial charge in [-0.3, -0.25) is 14.4 Å². The summed E-state index contributed by atoms with van der Waals surface area (Å²) in [6, 6.07) is 2.71. The monoisotopic (exact) mass is 704 g/mol. The van der Waals surface area contributed by atoms with Crippen LogP contribution in [0, 0.1) is 12.8 Å². The summed E-state index contributed by atoms with van der Waals surface area (Å²) in [7, 11) is 1.16. The second kappa shape index (κ2) is 12.5. The summed E-state index contributed by atoms with van der Waals surface area (Å²) in [5.74, 6) is -9.66. The second-order valence-electron chi connectivity index (χ2n) is 13.4. The van der Waals surface area contributed by atoms with Crippen LogP contribution < -0.4 is 0 Å². The van der Waals surface area contributed by atoms with Crippen LogP contribution in [-0.4, -0.2) is 126 Å². The van der Waals surface area contributed by atoms with E-state index in [1.165, 1.54) is 32.9 Å². The summed E-state index contributed by atoms with van der Waals surface area (Å²) < 4.78 is 29.1. The van der Waals surface area contributed by atoms with Crippen LogP contribution in [0.2, 0.25) is 0 Å². The molecule has 2 aliphatic heterocycles. The maximum Gasteiger partial charge on any atom is 0.217 e. The molecule has 6 rings (SSSR count). The van der Waals surface area contributed by atoms with E-state index >= 15 is 0 Å². The zero-order valence-electron chi connectivity index (χ0n) is 27.8. The molecule has 2 aliphatic carbocycles. The molecule has 0 radical (unpaired) electrons. The van der Waals surface area contributed by atoms with E-state index in [2.05, 4.69) is 0 Å². The van der Waals surface area contributed by atoms with Gasteiger partial charge < -0.3 is 64.5 Å². The minimum absolute atomic E-state index is 0.00894. The number of aromatic hydroxyl groups is 3. The molecule has 16 heteroatoms. The minimum atomic E-state index is -2.69. The molecule has 0 saturated carbocycles. The van der Waals surface area contributed by atoms with Gasteiger partial charge in [0.1, 0.15) is 53.0 Å². The van der Waals surface area contributed by atoms with Crippen molar-refractivity contribution in [1.82, 2.24) is 0 Å². The first kappa shape index (κ1) is 36.1. The lowest BCUT2D eigenvalue weighted by Crippen LogP contribution is -2.66. The minimum Gasteiger partial charge on any atom is -0.508 e. The molecule has 272 valence electrons. The smallest absolute Gasteiger partial charge is 0.217 e. The third-order valence-corrected chi connectivity index (χ3v) is 10.4. The fraction of sp³-hybridized carbons (Fsp3) is 0.559. The Balaban J connectivity index is 1.48. The number of aliphatic hydroxyl groups excluding tert-OH is 3. The maximum atomic E-state index is 14.9. The Morgan fingerprint density at radius 1 is 0.980 bits per heavy atom. The van der Waals surface area contributed by atoms with Crippen LogP contribution in [0.15, 0.2) is 23.5 Å². The highest BCUT2D eigenvalue weighted by molar-refractivity contribution is 6.25. The molecule has 2 aromatic rings. The van der Waals surface area contributed by atoms with E-state index in [4.69, 9.17) is 23.7 Å². The van der Waals surface area contributed by atoms with E-state index in [9.17, 15) is 55.2 Å². The zero-order chi connectivity index (χ0) is 36.8. The van der Waals surface area contributed by atoms with Gasteiger partial charge >= 0.3 is 0 Å². The molecule has 10 unspecified atom stereocenters. The van der Waals surface area contributed by atoms with Crippen LogP contribution in [0.25, 0.3) is 10.8 Å². The third-order valence-electron chi connectivity index (χ3n) is 10.4. The van der Waals surface area contributed by atoms with Crippen LogP contribution in [0.3, 0.4) is 0 Å². The van der Waals surface area contributed by atoms with E-state index in [0.29, 0.717) is 0 Å². The number of ketones is 3. The number of benzene rings is 2. The Hall–Kier alpha value is -3.71. The molecule has 16 nitrogen and oxygen atoms in total. The van der Waals surface area contributed by atoms with Crippen LogP contribution in [0.1, 0.15) is 55.1 Å². The summed E-state index contributed by atoms with van der Waals surface area (Å²) in [5, 5.41) is 87.0. The molecule has 2 aromatic carbocycles. The van der Waals surface area contributed by atoms with E-state index in [0.717, 1.165) is 14.0 Å². The number of phenolic OH excluding ortho intramolecular Hbond substituents is 3. The number of phenols is 3. The fourth-order valence-corrected chi connectivity index (χ4v) is 7.59. The SMILES string of the molecule is COC1C(=O)C(C(C)=O)=C(O)C2(OC3CC(OC4CC(O)C(O)C(C)O4)C(O)(O)C(C)O3)C(=O)c3c(cc4cc(O)c(C)c(O)c4c3O)CC12. The fourth-order valence-electron chi connectivity index (χ4n) is 7.59. The lowest BCUT2D eigenvalue weighted by atomic mass is 9.62. The first-order valence-electron chi connectivity index (χ1n) is 16.1. The Morgan fingerprint density at radius 3 is 2.28 bits per heavy atom. The predicted molar refractivity (Wildman–Crippen MR) is 167 cm³/mol. The average molecular weight is 705 g/mol. The number of ether oxygens (including phenoxy) is 5. The van der Waals surface area contributed by atoms with Crippen molar-refractivity contribution in [3.63, 3.8) is 0 Å². The lowest BCUT2D eigenvalue weighted by Gasteiger charge is -2.51. The summed E-state index contributed by atoms with van der Waals surface area (Å²) in [4.78, 5) is 41.3. The highest BCUT2D eigenvalue weighted by Gasteiger charge is 2.65. The number of carbonyl (C=O) groups excluding carboxylic acids is 3. The van der Waals surface area contributed by atoms with Crippen LogP contribution in [0.4, 0.5) is 0 Å². The Labute approximate surface area is 285 Å². The van der Waals surface area contributed by atoms with Gasteiger partial charge in [-0.05, 0) is 57.2 Å². The highest BCUT2D eigenvalue weighted by atomic mass is 16.7. The average Bonchev–Trinajstić information content (AvgIpc) is 3.02. The molecular formula is C34H40O16. The molecule has 0 aromatic heterocycles. The summed E-state index contributed by atoms with van der Waals surface area (Å²) >= 11 is 0. The molecule has 0 bridgehead atoms. The highest BCUT2D eigenvalue weighted by Crippen LogP contribution is 2.53. The van der Waals surface area contributed by atoms with Crippen LogP contribution in [-0.2, 0) is 39.7 Å². The number of hydrogen-bond donors (Lipinski definition) is 8. The summed E-state index contributed by atoms with van der Waals surface area (Å²) in [6.45, 7) is 5.13. The number of methoxy groups -OCH3 is 1. The van der Waals surface area contributed by atoms with Gasteiger partial charge in [0.25, 0.3) is 0 Å². The van der Waals surface area contributed by atoms with Crippen molar-refractivity contribution < 1.29 is 78.9 Å². The Morgan fingerprint density at radius 2 is 1.66 bits per heavy atom. The first-order valence-corrected chi connectivity index (χ1v) is 16.1. The van der Waals surface area contributed by atoms with Crippen molar-refractivity contribution in [2.75, 3.05) is 7.11 Å². The number of hydrogen-bond acceptors (Lipinski definition) is 16. The van der Waals surface area contributed by atoms with Crippen molar-refractivity contribution in [3.8, 4) is 17.2 Å². The number of aliphatic hydroxyl groups is 5. The summed E-state index contributed by atoms with van der Waals surface area (Å²) in [5.41, 5.74) is -3.70. The van der Waals surface area contributed by atoms with E-state index in [1.54, 1.807) is 0 Å². The van der Waals surface area contributed by atoms with Crippen molar-refractivity contribution in [2.45, 2.75) is 108 Å². The number of fused-ring (bicyclic) bond motifs is 3. The first-order chi connectivity index (χ1) is 23.4. The predicted octanol–water partition coefficient (Wildman–Crippen LogP) is 0.432. The van der Waals surface area contributed by atoms with Gasteiger partial charge in [0.2, 0.25) is 11.6 Å². The Bertz CT molecular complexity index is 1790. The quantitative estimate of drug-likeness (QED) is 0.150. The standard InChI is InChI=1S/C34H40O16/c1-11-18(36)8-16-6-15-7-17-30(46-5)29(41)23(12(2)35)31(42)33(17,32(43)25(15)28(40)24(16)26(11)38)50-22-10-20(34(44,45)14(4)48-22)49-21-9-19(37)27(39)13(3)47-21/h6,8,13-14,17,19-22,27,30,36-40,42,44-45H,7,9-10H2,1-5H3. The number of Topliss-reactive ketones (excluding diaryl/α,β-unsaturated/α-hetero) is 3. The third kappa shape index (κ3) is 5.29. The lowest BCUT2D eigenvalue weighted by molar-refractivity contribution is -0.388. The molecule has 2 saturated heterocycles. The van der Waals surface area contributed by atoms with Crippen molar-refractivity contribution >= 4 is 28.1 Å². The van der Waals surface area contributed by atoms with Gasteiger partial charge in [0.05, 0.1) is 23.2 Å². The number of carbonyl (C=O) groups is 3. The molecule has 4 aliphatic rings. The van der Waals surface area contributed by atoms with Gasteiger partial charge in [-0.2, -0.15) is 0 Å². The Kier molecular flexibility index (Phi) is 9.03. The van der Waals surface area contributed by atoms with Gasteiger partial charge in [-0.15, -0.1) is 0 Å². The van der Waals surface area contributed by atoms with E-state index < -0.39 is 119 Å². The molecule has 2 fully saturated rings. The molecule has 0 amide bonds. The molecule has 8 N–H and O–H groups in total. The zero-order valence-corrected chi connectivity index (χ0v) is 27.8. The van der Waals surface area contributed by atoms with Gasteiger partial charge in [0, 0.05) is 31.4 Å². The second-order valence-corrected chi connectivity index (χ2v) is 13.4. The van der Waals surface area contributed by atoms with E-state index in [-0.39, 0.29) is 40.5 Å². The molecule has 10 atom stereocenters. The van der Waals surface area contributed by atoms with E-state index in [1.807, 2.05) is 0 Å². The van der Waals surface area contributed by atoms with Crippen molar-refractivity contribution in [2.24, 2.45) is 5.92 Å². The van der Waals surface area contributed by atoms with Crippen molar-refractivity contribution in [3.05, 3.63) is 40.2 Å². The largest absolute Gasteiger partial charge is 0.508 e. The van der Waals surface area contributed by atoms with Gasteiger partial charge in [-0.1, -0.05) is 0 Å². The molecule has 50 heavy (non-hydrogen) atoms. The van der Waals surface area contributed by atoms with Gasteiger partial charge in [0.15, 0.2) is 29.7 Å². The van der Waals surface area contributed by atoms with Crippen LogP contribution >= 0.6 is 0 Å². The molecular weight excluding hydrogens is 664 g/mol. The van der Waals surface area contributed by atoms with Crippen LogP contribution in [0.5, 0.6) is 17.2 Å². The van der Waals surface area contributed by atoms with Crippen molar-refractivity contribution in [1.29, 1.82) is 0 Å².